The van der Waals surface area contributed by atoms with Gasteiger partial charge in [0.1, 0.15) is 0 Å². The molecule has 0 saturated heterocycles. The molecule has 1 amide bonds. The monoisotopic (exact) mass is 287 g/mol. The highest BCUT2D eigenvalue weighted by atomic mass is 16.4. The molecule has 1 aromatic carbocycles. The molecule has 1 saturated carbocycles. The van der Waals surface area contributed by atoms with Crippen molar-refractivity contribution in [3.8, 4) is 0 Å². The summed E-state index contributed by atoms with van der Waals surface area (Å²) in [6.07, 6.45) is 6.47. The van der Waals surface area contributed by atoms with Crippen molar-refractivity contribution in [3.05, 3.63) is 34.9 Å². The zero-order valence-corrected chi connectivity index (χ0v) is 12.2. The molecule has 3 rings (SSSR count). The van der Waals surface area contributed by atoms with Crippen LogP contribution < -0.4 is 5.32 Å². The molecule has 0 aliphatic heterocycles. The Hall–Kier alpha value is -1.84. The molecule has 0 radical (unpaired) electrons. The van der Waals surface area contributed by atoms with Crippen LogP contribution in [0.2, 0.25) is 0 Å². The second-order valence-corrected chi connectivity index (χ2v) is 6.31. The van der Waals surface area contributed by atoms with Crippen molar-refractivity contribution in [2.75, 3.05) is 6.54 Å². The number of aryl methyl sites for hydroxylation is 2. The molecule has 4 nitrogen and oxygen atoms in total. The molecular weight excluding hydrogens is 266 g/mol. The largest absolute Gasteiger partial charge is 0.481 e. The molecule has 1 aromatic rings. The van der Waals surface area contributed by atoms with E-state index in [4.69, 9.17) is 0 Å². The maximum atomic E-state index is 12.3. The molecule has 0 unspecified atom stereocenters. The zero-order chi connectivity index (χ0) is 14.9. The lowest BCUT2D eigenvalue weighted by molar-refractivity contribution is -0.148. The van der Waals surface area contributed by atoms with Crippen LogP contribution in [-0.4, -0.2) is 23.5 Å². The quantitative estimate of drug-likeness (QED) is 0.894. The average molecular weight is 287 g/mol. The first-order chi connectivity index (χ1) is 10.1. The molecule has 2 aliphatic carbocycles. The standard InChI is InChI=1S/C17H21NO3/c19-15(14-7-6-12-4-3-5-13(12)10-14)18-11-17(16(20)21)8-1-2-9-17/h6-7,10H,1-5,8-9,11H2,(H,18,19)(H,20,21). The van der Waals surface area contributed by atoms with E-state index in [1.54, 1.807) is 0 Å². The van der Waals surface area contributed by atoms with Gasteiger partial charge >= 0.3 is 5.97 Å². The van der Waals surface area contributed by atoms with Gasteiger partial charge in [-0.2, -0.15) is 0 Å². The lowest BCUT2D eigenvalue weighted by Gasteiger charge is -2.24. The maximum Gasteiger partial charge on any atom is 0.311 e. The van der Waals surface area contributed by atoms with Gasteiger partial charge in [0, 0.05) is 12.1 Å². The number of carbonyl (C=O) groups is 2. The van der Waals surface area contributed by atoms with Crippen LogP contribution in [-0.2, 0) is 17.6 Å². The smallest absolute Gasteiger partial charge is 0.311 e. The van der Waals surface area contributed by atoms with E-state index < -0.39 is 11.4 Å². The van der Waals surface area contributed by atoms with Gasteiger partial charge in [-0.25, -0.2) is 0 Å². The third kappa shape index (κ3) is 2.67. The molecule has 21 heavy (non-hydrogen) atoms. The summed E-state index contributed by atoms with van der Waals surface area (Å²) >= 11 is 0. The Balaban J connectivity index is 1.68. The van der Waals surface area contributed by atoms with Gasteiger partial charge in [0.05, 0.1) is 5.41 Å². The SMILES string of the molecule is O=C(NCC1(C(=O)O)CCCC1)c1ccc2c(c1)CCC2. The molecule has 0 heterocycles. The number of benzene rings is 1. The van der Waals surface area contributed by atoms with Crippen LogP contribution in [0.25, 0.3) is 0 Å². The third-order valence-electron chi connectivity index (χ3n) is 4.96. The van der Waals surface area contributed by atoms with Gasteiger partial charge < -0.3 is 10.4 Å². The Morgan fingerprint density at radius 1 is 1.10 bits per heavy atom. The summed E-state index contributed by atoms with van der Waals surface area (Å²) in [4.78, 5) is 23.7. The minimum Gasteiger partial charge on any atom is -0.481 e. The summed E-state index contributed by atoms with van der Waals surface area (Å²) in [6.45, 7) is 0.234. The van der Waals surface area contributed by atoms with Crippen molar-refractivity contribution in [3.63, 3.8) is 0 Å². The van der Waals surface area contributed by atoms with E-state index in [9.17, 15) is 14.7 Å². The van der Waals surface area contributed by atoms with Crippen LogP contribution in [0.4, 0.5) is 0 Å². The first-order valence-electron chi connectivity index (χ1n) is 7.74. The Labute approximate surface area is 124 Å². The van der Waals surface area contributed by atoms with Crippen molar-refractivity contribution in [1.29, 1.82) is 0 Å². The number of fused-ring (bicyclic) bond motifs is 1. The number of carbonyl (C=O) groups excluding carboxylic acids is 1. The second-order valence-electron chi connectivity index (χ2n) is 6.31. The van der Waals surface area contributed by atoms with E-state index in [0.29, 0.717) is 18.4 Å². The normalized spacial score (nSPS) is 19.2. The number of carboxylic acids is 1. The molecule has 2 N–H and O–H groups in total. The number of hydrogen-bond donors (Lipinski definition) is 2. The van der Waals surface area contributed by atoms with Gasteiger partial charge in [-0.15, -0.1) is 0 Å². The fourth-order valence-electron chi connectivity index (χ4n) is 3.58. The summed E-state index contributed by atoms with van der Waals surface area (Å²) in [5, 5.41) is 12.3. The fourth-order valence-corrected chi connectivity index (χ4v) is 3.58. The first kappa shape index (κ1) is 14.1. The molecule has 2 aliphatic rings. The average Bonchev–Trinajstić information content (AvgIpc) is 3.13. The predicted molar refractivity (Wildman–Crippen MR) is 79.3 cm³/mol. The van der Waals surface area contributed by atoms with Gasteiger partial charge in [-0.1, -0.05) is 18.9 Å². The first-order valence-corrected chi connectivity index (χ1v) is 7.74. The van der Waals surface area contributed by atoms with Crippen LogP contribution in [0.5, 0.6) is 0 Å². The van der Waals surface area contributed by atoms with Gasteiger partial charge in [0.25, 0.3) is 5.91 Å². The Kier molecular flexibility index (Phi) is 3.70. The molecule has 1 fully saturated rings. The number of rotatable bonds is 4. The maximum absolute atomic E-state index is 12.3. The van der Waals surface area contributed by atoms with Gasteiger partial charge in [0.2, 0.25) is 0 Å². The van der Waals surface area contributed by atoms with E-state index in [2.05, 4.69) is 5.32 Å². The minimum absolute atomic E-state index is 0.155. The fraction of sp³-hybridized carbons (Fsp3) is 0.529. The number of nitrogens with one attached hydrogen (secondary N) is 1. The predicted octanol–water partition coefficient (Wildman–Crippen LogP) is 2.55. The van der Waals surface area contributed by atoms with Crippen molar-refractivity contribution < 1.29 is 14.7 Å². The van der Waals surface area contributed by atoms with Gasteiger partial charge in [-0.3, -0.25) is 9.59 Å². The van der Waals surface area contributed by atoms with E-state index in [-0.39, 0.29) is 12.5 Å². The number of aliphatic carboxylic acids is 1. The van der Waals surface area contributed by atoms with Crippen LogP contribution in [0.1, 0.15) is 53.6 Å². The number of hydrogen-bond acceptors (Lipinski definition) is 2. The van der Waals surface area contributed by atoms with Gasteiger partial charge in [0.15, 0.2) is 0 Å². The lowest BCUT2D eigenvalue weighted by atomic mass is 9.86. The molecule has 0 spiro atoms. The summed E-state index contributed by atoms with van der Waals surface area (Å²) in [5.74, 6) is -0.938. The molecule has 0 bridgehead atoms. The highest BCUT2D eigenvalue weighted by Gasteiger charge is 2.41. The Morgan fingerprint density at radius 3 is 2.52 bits per heavy atom. The van der Waals surface area contributed by atoms with Crippen molar-refractivity contribution >= 4 is 11.9 Å². The summed E-state index contributed by atoms with van der Waals surface area (Å²) in [6, 6.07) is 5.83. The van der Waals surface area contributed by atoms with Gasteiger partial charge in [-0.05, 0) is 55.4 Å². The minimum atomic E-state index is -0.783. The second kappa shape index (κ2) is 5.51. The molecular formula is C17H21NO3. The third-order valence-corrected chi connectivity index (χ3v) is 4.96. The van der Waals surface area contributed by atoms with Crippen LogP contribution in [0.3, 0.4) is 0 Å². The molecule has 4 heteroatoms. The van der Waals surface area contributed by atoms with E-state index in [0.717, 1.165) is 32.1 Å². The summed E-state index contributed by atoms with van der Waals surface area (Å²) in [7, 11) is 0. The van der Waals surface area contributed by atoms with Crippen molar-refractivity contribution in [1.82, 2.24) is 5.32 Å². The van der Waals surface area contributed by atoms with E-state index in [1.165, 1.54) is 11.1 Å². The molecule has 0 aromatic heterocycles. The van der Waals surface area contributed by atoms with E-state index >= 15 is 0 Å². The zero-order valence-electron chi connectivity index (χ0n) is 12.2. The highest BCUT2D eigenvalue weighted by Crippen LogP contribution is 2.37. The van der Waals surface area contributed by atoms with Crippen molar-refractivity contribution in [2.45, 2.75) is 44.9 Å². The molecule has 0 atom stereocenters. The molecule has 112 valence electrons. The van der Waals surface area contributed by atoms with E-state index in [1.807, 2.05) is 18.2 Å². The lowest BCUT2D eigenvalue weighted by Crippen LogP contribution is -2.41. The number of carboxylic acid groups (broad SMARTS) is 1. The Morgan fingerprint density at radius 2 is 1.81 bits per heavy atom. The summed E-state index contributed by atoms with van der Waals surface area (Å²) in [5.41, 5.74) is 2.49. The highest BCUT2D eigenvalue weighted by molar-refractivity contribution is 5.94. The van der Waals surface area contributed by atoms with Crippen molar-refractivity contribution in [2.24, 2.45) is 5.41 Å². The topological polar surface area (TPSA) is 66.4 Å². The Bertz CT molecular complexity index is 573. The van der Waals surface area contributed by atoms with Crippen LogP contribution >= 0.6 is 0 Å². The number of amides is 1. The van der Waals surface area contributed by atoms with Crippen LogP contribution in [0, 0.1) is 5.41 Å². The van der Waals surface area contributed by atoms with Crippen LogP contribution in [0.15, 0.2) is 18.2 Å². The summed E-state index contributed by atoms with van der Waals surface area (Å²) < 4.78 is 0.